The summed E-state index contributed by atoms with van der Waals surface area (Å²) in [6.45, 7) is 3.44. The van der Waals surface area contributed by atoms with Gasteiger partial charge in [-0.25, -0.2) is 0 Å². The number of carbonyl (C=O) groups is 3. The molecule has 0 aromatic heterocycles. The van der Waals surface area contributed by atoms with Crippen molar-refractivity contribution >= 4 is 17.5 Å². The van der Waals surface area contributed by atoms with Crippen molar-refractivity contribution in [2.45, 2.75) is 76.8 Å². The maximum absolute atomic E-state index is 11.8. The Labute approximate surface area is 170 Å². The highest BCUT2D eigenvalue weighted by molar-refractivity contribution is 6.22. The number of carboxylic acids is 1. The van der Waals surface area contributed by atoms with Crippen molar-refractivity contribution in [1.82, 2.24) is 0 Å². The molecule has 2 aliphatic rings. The Kier molecular flexibility index (Phi) is 10.1. The number of rotatable bonds is 6. The molecule has 0 radical (unpaired) electrons. The van der Waals surface area contributed by atoms with Crippen LogP contribution in [0.3, 0.4) is 0 Å². The van der Waals surface area contributed by atoms with E-state index in [1.165, 1.54) is 0 Å². The van der Waals surface area contributed by atoms with Gasteiger partial charge in [0.1, 0.15) is 24.4 Å². The molecule has 1 aliphatic heterocycles. The van der Waals surface area contributed by atoms with Crippen LogP contribution < -0.4 is 0 Å². The molecule has 0 aromatic rings. The number of hydrogen-bond donors (Lipinski definition) is 5. The predicted octanol–water partition coefficient (Wildman–Crippen LogP) is -0.0238. The van der Waals surface area contributed by atoms with E-state index in [4.69, 9.17) is 30.3 Å². The van der Waals surface area contributed by atoms with Gasteiger partial charge in [-0.2, -0.15) is 0 Å². The van der Waals surface area contributed by atoms with Gasteiger partial charge in [-0.15, -0.1) is 0 Å². The summed E-state index contributed by atoms with van der Waals surface area (Å²) in [6, 6.07) is 0. The zero-order chi connectivity index (χ0) is 22.2. The van der Waals surface area contributed by atoms with E-state index in [1.807, 2.05) is 13.8 Å². The van der Waals surface area contributed by atoms with E-state index in [1.54, 1.807) is 6.08 Å². The molecule has 166 valence electrons. The van der Waals surface area contributed by atoms with E-state index in [0.29, 0.717) is 37.7 Å². The summed E-state index contributed by atoms with van der Waals surface area (Å²) in [5.41, 5.74) is 0.0964. The van der Waals surface area contributed by atoms with Crippen LogP contribution in [-0.2, 0) is 19.1 Å². The summed E-state index contributed by atoms with van der Waals surface area (Å²) >= 11 is 0. The topological polar surface area (TPSA) is 162 Å². The summed E-state index contributed by atoms with van der Waals surface area (Å²) in [4.78, 5) is 33.9. The summed E-state index contributed by atoms with van der Waals surface area (Å²) in [6.07, 6.45) is 0.248. The van der Waals surface area contributed by atoms with Gasteiger partial charge in [0.2, 0.25) is 0 Å². The van der Waals surface area contributed by atoms with Crippen LogP contribution in [0.2, 0.25) is 0 Å². The lowest BCUT2D eigenvalue weighted by molar-refractivity contribution is -0.195. The number of ketones is 2. The van der Waals surface area contributed by atoms with Crippen LogP contribution in [0.5, 0.6) is 0 Å². The van der Waals surface area contributed by atoms with Gasteiger partial charge in [-0.1, -0.05) is 19.9 Å². The Morgan fingerprint density at radius 3 is 2.21 bits per heavy atom. The average Bonchev–Trinajstić information content (AvgIpc) is 2.61. The van der Waals surface area contributed by atoms with Gasteiger partial charge in [0.05, 0.1) is 18.8 Å². The van der Waals surface area contributed by atoms with E-state index in [2.05, 4.69) is 0 Å². The highest BCUT2D eigenvalue weighted by Gasteiger charge is 2.37. The molecule has 0 aromatic carbocycles. The number of Topliss-reactive ketones (excluding diaryl/α,β-unsaturated/α-hetero) is 2. The molecule has 1 saturated heterocycles. The van der Waals surface area contributed by atoms with Crippen molar-refractivity contribution in [2.75, 3.05) is 13.2 Å². The Morgan fingerprint density at radius 2 is 1.69 bits per heavy atom. The first-order valence-corrected chi connectivity index (χ1v) is 9.73. The molecule has 4 atom stereocenters. The fourth-order valence-corrected chi connectivity index (χ4v) is 3.20. The molecule has 1 saturated carbocycles. The van der Waals surface area contributed by atoms with Gasteiger partial charge in [-0.05, 0) is 24.7 Å². The molecule has 9 nitrogen and oxygen atoms in total. The van der Waals surface area contributed by atoms with Crippen molar-refractivity contribution in [2.24, 2.45) is 5.41 Å². The summed E-state index contributed by atoms with van der Waals surface area (Å²) in [5.74, 6) is -0.960. The molecular formula is C20H32O9. The highest BCUT2D eigenvalue weighted by Crippen LogP contribution is 2.33. The maximum Gasteiger partial charge on any atom is 0.303 e. The van der Waals surface area contributed by atoms with E-state index in [0.717, 1.165) is 0 Å². The van der Waals surface area contributed by atoms with E-state index in [-0.39, 0.29) is 36.6 Å². The van der Waals surface area contributed by atoms with Crippen molar-refractivity contribution in [3.05, 3.63) is 11.6 Å². The second kappa shape index (κ2) is 11.5. The number of aliphatic carboxylic acids is 1. The van der Waals surface area contributed by atoms with Crippen molar-refractivity contribution < 1.29 is 44.7 Å². The van der Waals surface area contributed by atoms with Gasteiger partial charge in [-0.3, -0.25) is 14.4 Å². The molecule has 5 N–H and O–H groups in total. The fourth-order valence-electron chi connectivity index (χ4n) is 3.20. The maximum atomic E-state index is 11.8. The quantitative estimate of drug-likeness (QED) is 0.227. The van der Waals surface area contributed by atoms with Gasteiger partial charge in [0.25, 0.3) is 0 Å². The third-order valence-corrected chi connectivity index (χ3v) is 4.86. The van der Waals surface area contributed by atoms with Crippen molar-refractivity contribution in [3.8, 4) is 0 Å². The van der Waals surface area contributed by atoms with Crippen LogP contribution in [0.4, 0.5) is 0 Å². The molecule has 9 heteroatoms. The van der Waals surface area contributed by atoms with Crippen LogP contribution >= 0.6 is 0 Å². The highest BCUT2D eigenvalue weighted by atomic mass is 16.5. The lowest BCUT2D eigenvalue weighted by atomic mass is 9.74. The standard InChI is InChI=1S/C14H20O4.C6H12O5/c1-14(2)8-11(15)10(12(16)9-14)6-4-3-5-7-13(17)18;7-1-4-6(10)5(9)3(8)2-11-4/h6H,3-5,7-9H2,1-2H3,(H,17,18);3-10H,1-2H2/t;3-,4+,5+,6+/m.0/s1. The molecular weight excluding hydrogens is 384 g/mol. The number of ether oxygens (including phenoxy) is 1. The van der Waals surface area contributed by atoms with Crippen molar-refractivity contribution in [3.63, 3.8) is 0 Å². The third-order valence-electron chi connectivity index (χ3n) is 4.86. The van der Waals surface area contributed by atoms with E-state index in [9.17, 15) is 14.4 Å². The van der Waals surface area contributed by atoms with E-state index >= 15 is 0 Å². The van der Waals surface area contributed by atoms with Crippen molar-refractivity contribution in [1.29, 1.82) is 0 Å². The van der Waals surface area contributed by atoms with Gasteiger partial charge >= 0.3 is 5.97 Å². The fraction of sp³-hybridized carbons (Fsp3) is 0.750. The SMILES string of the molecule is CC1(C)CC(=O)C(=CCCCCC(=O)O)C(=O)C1.OC[C@H]1OC[C@H](O)[C@@H](O)[C@@H]1O. The molecule has 29 heavy (non-hydrogen) atoms. The number of carboxylic acid groups (broad SMARTS) is 1. The largest absolute Gasteiger partial charge is 0.481 e. The average molecular weight is 416 g/mol. The Balaban J connectivity index is 0.000000326. The van der Waals surface area contributed by atoms with Crippen LogP contribution in [0.15, 0.2) is 11.6 Å². The Bertz CT molecular complexity index is 587. The molecule has 2 rings (SSSR count). The van der Waals surface area contributed by atoms with E-state index < -0.39 is 30.4 Å². The summed E-state index contributed by atoms with van der Waals surface area (Å²) in [5, 5.41) is 44.2. The molecule has 2 fully saturated rings. The zero-order valence-corrected chi connectivity index (χ0v) is 16.9. The predicted molar refractivity (Wildman–Crippen MR) is 102 cm³/mol. The van der Waals surface area contributed by atoms with Crippen LogP contribution in [0.25, 0.3) is 0 Å². The van der Waals surface area contributed by atoms with Gasteiger partial charge in [0.15, 0.2) is 11.6 Å². The number of carbonyl (C=O) groups excluding carboxylic acids is 2. The monoisotopic (exact) mass is 416 g/mol. The lowest BCUT2D eigenvalue weighted by Crippen LogP contribution is -2.53. The van der Waals surface area contributed by atoms with Gasteiger partial charge in [0, 0.05) is 19.3 Å². The van der Waals surface area contributed by atoms with Crippen LogP contribution in [-0.4, -0.2) is 80.7 Å². The Morgan fingerprint density at radius 1 is 1.10 bits per heavy atom. The first-order chi connectivity index (χ1) is 13.5. The molecule has 0 spiro atoms. The number of hydrogen-bond acceptors (Lipinski definition) is 8. The summed E-state index contributed by atoms with van der Waals surface area (Å²) < 4.78 is 4.81. The minimum Gasteiger partial charge on any atom is -0.481 e. The molecule has 0 amide bonds. The lowest BCUT2D eigenvalue weighted by Gasteiger charge is -2.34. The van der Waals surface area contributed by atoms with Crippen LogP contribution in [0.1, 0.15) is 52.4 Å². The first-order valence-electron chi connectivity index (χ1n) is 9.73. The number of unbranched alkanes of at least 4 members (excludes halogenated alkanes) is 2. The normalized spacial score (nSPS) is 29.1. The molecule has 0 bridgehead atoms. The first kappa shape index (κ1) is 25.4. The number of allylic oxidation sites excluding steroid dienone is 2. The second-order valence-corrected chi connectivity index (χ2v) is 8.22. The third kappa shape index (κ3) is 8.31. The molecule has 1 aliphatic carbocycles. The second-order valence-electron chi connectivity index (χ2n) is 8.22. The molecule has 1 heterocycles. The summed E-state index contributed by atoms with van der Waals surface area (Å²) in [7, 11) is 0. The smallest absolute Gasteiger partial charge is 0.303 e. The minimum absolute atomic E-state index is 0.0521. The molecule has 0 unspecified atom stereocenters. The Hall–Kier alpha value is -1.65. The minimum atomic E-state index is -1.22. The number of aliphatic hydroxyl groups is 4. The number of aliphatic hydroxyl groups excluding tert-OH is 4. The van der Waals surface area contributed by atoms with Crippen LogP contribution in [0, 0.1) is 5.41 Å². The zero-order valence-electron chi connectivity index (χ0n) is 16.9. The van der Waals surface area contributed by atoms with Gasteiger partial charge < -0.3 is 30.3 Å².